The maximum atomic E-state index is 12.2. The summed E-state index contributed by atoms with van der Waals surface area (Å²) in [6.07, 6.45) is 2.60. The van der Waals surface area contributed by atoms with Crippen LogP contribution in [0.2, 0.25) is 0 Å². The number of aromatic nitrogens is 1. The molecule has 2 amide bonds. The number of nitrogens with one attached hydrogen (secondary N) is 3. The van der Waals surface area contributed by atoms with E-state index in [0.29, 0.717) is 18.4 Å². The summed E-state index contributed by atoms with van der Waals surface area (Å²) < 4.78 is 0. The van der Waals surface area contributed by atoms with Crippen molar-refractivity contribution >= 4 is 22.7 Å². The van der Waals surface area contributed by atoms with Crippen molar-refractivity contribution in [1.29, 1.82) is 0 Å². The molecule has 0 aliphatic heterocycles. The van der Waals surface area contributed by atoms with E-state index in [0.717, 1.165) is 16.5 Å². The van der Waals surface area contributed by atoms with Gasteiger partial charge in [-0.2, -0.15) is 0 Å². The number of aryl methyl sites for hydroxylation is 3. The highest BCUT2D eigenvalue weighted by Gasteiger charge is 2.12. The highest BCUT2D eigenvalue weighted by atomic mass is 16.2. The third kappa shape index (κ3) is 3.88. The van der Waals surface area contributed by atoms with Gasteiger partial charge in [-0.05, 0) is 37.5 Å². The van der Waals surface area contributed by atoms with Crippen molar-refractivity contribution in [2.24, 2.45) is 0 Å². The van der Waals surface area contributed by atoms with Crippen molar-refractivity contribution in [3.63, 3.8) is 0 Å². The second-order valence-electron chi connectivity index (χ2n) is 6.18. The van der Waals surface area contributed by atoms with Crippen molar-refractivity contribution in [2.45, 2.75) is 26.7 Å². The van der Waals surface area contributed by atoms with Crippen LogP contribution in [0.5, 0.6) is 0 Å². The maximum absolute atomic E-state index is 12.2. The predicted molar refractivity (Wildman–Crippen MR) is 98.1 cm³/mol. The zero-order valence-electron chi connectivity index (χ0n) is 14.3. The molecule has 3 rings (SSSR count). The molecule has 0 saturated heterocycles. The van der Waals surface area contributed by atoms with E-state index >= 15 is 0 Å². The summed E-state index contributed by atoms with van der Waals surface area (Å²) in [6, 6.07) is 13.7. The summed E-state index contributed by atoms with van der Waals surface area (Å²) >= 11 is 0. The number of benzene rings is 2. The molecule has 5 nitrogen and oxygen atoms in total. The van der Waals surface area contributed by atoms with Crippen LogP contribution in [0.25, 0.3) is 10.9 Å². The number of hydrogen-bond donors (Lipinski definition) is 3. The molecule has 1 heterocycles. The minimum Gasteiger partial charge on any atom is -0.360 e. The lowest BCUT2D eigenvalue weighted by atomic mass is 10.0. The van der Waals surface area contributed by atoms with Crippen LogP contribution >= 0.6 is 0 Å². The Bertz CT molecular complexity index is 928. The van der Waals surface area contributed by atoms with Crippen molar-refractivity contribution < 1.29 is 9.59 Å². The Hall–Kier alpha value is -3.08. The Labute approximate surface area is 146 Å². The molecule has 0 spiro atoms. The van der Waals surface area contributed by atoms with Gasteiger partial charge in [0.15, 0.2) is 0 Å². The molecular weight excluding hydrogens is 314 g/mol. The number of amides is 2. The van der Waals surface area contributed by atoms with E-state index in [1.54, 1.807) is 6.20 Å². The number of hydrogen-bond acceptors (Lipinski definition) is 2. The van der Waals surface area contributed by atoms with Crippen molar-refractivity contribution in [3.05, 3.63) is 70.9 Å². The van der Waals surface area contributed by atoms with Crippen LogP contribution in [0.3, 0.4) is 0 Å². The first-order valence-corrected chi connectivity index (χ1v) is 8.26. The first-order valence-electron chi connectivity index (χ1n) is 8.26. The summed E-state index contributed by atoms with van der Waals surface area (Å²) in [5.41, 5.74) is 9.87. The molecule has 3 N–H and O–H groups in total. The number of fused-ring (bicyclic) bond motifs is 1. The van der Waals surface area contributed by atoms with Gasteiger partial charge >= 0.3 is 0 Å². The molecule has 3 aromatic rings. The molecule has 2 aromatic carbocycles. The minimum atomic E-state index is -0.336. The van der Waals surface area contributed by atoms with Gasteiger partial charge in [0.05, 0.1) is 5.56 Å². The van der Waals surface area contributed by atoms with Gasteiger partial charge < -0.3 is 4.98 Å². The van der Waals surface area contributed by atoms with E-state index in [4.69, 9.17) is 0 Å². The second-order valence-corrected chi connectivity index (χ2v) is 6.18. The van der Waals surface area contributed by atoms with E-state index in [2.05, 4.69) is 21.9 Å². The fourth-order valence-electron chi connectivity index (χ4n) is 2.89. The molecule has 128 valence electrons. The van der Waals surface area contributed by atoms with Gasteiger partial charge in [0.25, 0.3) is 5.91 Å². The van der Waals surface area contributed by atoms with Gasteiger partial charge in [-0.3, -0.25) is 20.4 Å². The summed E-state index contributed by atoms with van der Waals surface area (Å²) in [7, 11) is 0. The normalized spacial score (nSPS) is 10.6. The van der Waals surface area contributed by atoms with Crippen LogP contribution in [-0.2, 0) is 11.2 Å². The Balaban J connectivity index is 1.54. The third-order valence-corrected chi connectivity index (χ3v) is 4.27. The lowest BCUT2D eigenvalue weighted by Gasteiger charge is -2.09. The average Bonchev–Trinajstić information content (AvgIpc) is 3.03. The molecule has 0 unspecified atom stereocenters. The van der Waals surface area contributed by atoms with Crippen molar-refractivity contribution in [2.75, 3.05) is 0 Å². The number of carbonyl (C=O) groups is 2. The van der Waals surface area contributed by atoms with Gasteiger partial charge in [0, 0.05) is 23.5 Å². The largest absolute Gasteiger partial charge is 0.360 e. The van der Waals surface area contributed by atoms with Crippen LogP contribution in [0.4, 0.5) is 0 Å². The zero-order valence-corrected chi connectivity index (χ0v) is 14.3. The third-order valence-electron chi connectivity index (χ3n) is 4.27. The molecule has 0 saturated carbocycles. The highest BCUT2D eigenvalue weighted by molar-refractivity contribution is 6.07. The van der Waals surface area contributed by atoms with Crippen LogP contribution in [-0.4, -0.2) is 16.8 Å². The number of aromatic amines is 1. The van der Waals surface area contributed by atoms with Crippen LogP contribution in [0, 0.1) is 13.8 Å². The first kappa shape index (κ1) is 16.8. The van der Waals surface area contributed by atoms with E-state index in [-0.39, 0.29) is 11.8 Å². The van der Waals surface area contributed by atoms with Gasteiger partial charge in [-0.1, -0.05) is 42.0 Å². The smallest absolute Gasteiger partial charge is 0.271 e. The standard InChI is InChI=1S/C20H21N3O2/c1-13-7-8-15(14(2)11-13)9-10-19(24)22-23-20(25)17-12-21-18-6-4-3-5-16(17)18/h3-8,11-12,21H,9-10H2,1-2H3,(H,22,24)(H,23,25). The average molecular weight is 335 g/mol. The Morgan fingerprint density at radius 1 is 1.04 bits per heavy atom. The zero-order chi connectivity index (χ0) is 17.8. The second kappa shape index (κ2) is 7.21. The number of para-hydroxylation sites is 1. The Kier molecular flexibility index (Phi) is 4.84. The van der Waals surface area contributed by atoms with E-state index in [9.17, 15) is 9.59 Å². The van der Waals surface area contributed by atoms with E-state index in [1.807, 2.05) is 50.2 Å². The maximum Gasteiger partial charge on any atom is 0.271 e. The molecule has 0 radical (unpaired) electrons. The molecule has 1 aromatic heterocycles. The van der Waals surface area contributed by atoms with E-state index in [1.165, 1.54) is 11.1 Å². The fraction of sp³-hybridized carbons (Fsp3) is 0.200. The van der Waals surface area contributed by atoms with Gasteiger partial charge in [-0.15, -0.1) is 0 Å². The summed E-state index contributed by atoms with van der Waals surface area (Å²) in [5.74, 6) is -0.550. The topological polar surface area (TPSA) is 74.0 Å². The Morgan fingerprint density at radius 2 is 1.84 bits per heavy atom. The van der Waals surface area contributed by atoms with Crippen LogP contribution in [0.15, 0.2) is 48.7 Å². The van der Waals surface area contributed by atoms with Crippen LogP contribution < -0.4 is 10.9 Å². The Morgan fingerprint density at radius 3 is 2.64 bits per heavy atom. The quantitative estimate of drug-likeness (QED) is 0.641. The van der Waals surface area contributed by atoms with Gasteiger partial charge in [0.1, 0.15) is 0 Å². The minimum absolute atomic E-state index is 0.215. The number of H-pyrrole nitrogens is 1. The van der Waals surface area contributed by atoms with E-state index < -0.39 is 0 Å². The number of carbonyl (C=O) groups excluding carboxylic acids is 2. The summed E-state index contributed by atoms with van der Waals surface area (Å²) in [4.78, 5) is 27.3. The summed E-state index contributed by atoms with van der Waals surface area (Å²) in [5, 5.41) is 0.824. The molecule has 25 heavy (non-hydrogen) atoms. The monoisotopic (exact) mass is 335 g/mol. The van der Waals surface area contributed by atoms with Crippen molar-refractivity contribution in [1.82, 2.24) is 15.8 Å². The summed E-state index contributed by atoms with van der Waals surface area (Å²) in [6.45, 7) is 4.09. The highest BCUT2D eigenvalue weighted by Crippen LogP contribution is 2.17. The molecule has 0 aliphatic rings. The van der Waals surface area contributed by atoms with Crippen molar-refractivity contribution in [3.8, 4) is 0 Å². The lowest BCUT2D eigenvalue weighted by molar-refractivity contribution is -0.121. The molecule has 0 aliphatic carbocycles. The number of rotatable bonds is 4. The first-order chi connectivity index (χ1) is 12.0. The lowest BCUT2D eigenvalue weighted by Crippen LogP contribution is -2.41. The fourth-order valence-corrected chi connectivity index (χ4v) is 2.89. The molecule has 5 heteroatoms. The number of hydrazine groups is 1. The SMILES string of the molecule is Cc1ccc(CCC(=O)NNC(=O)c2c[nH]c3ccccc23)c(C)c1. The van der Waals surface area contributed by atoms with Gasteiger partial charge in [0.2, 0.25) is 5.91 Å². The molecule has 0 atom stereocenters. The molecular formula is C20H21N3O2. The molecule has 0 fully saturated rings. The molecule has 0 bridgehead atoms. The van der Waals surface area contributed by atoms with Crippen LogP contribution in [0.1, 0.15) is 33.5 Å². The van der Waals surface area contributed by atoms with Gasteiger partial charge in [-0.25, -0.2) is 0 Å². The predicted octanol–water partition coefficient (Wildman–Crippen LogP) is 3.18.